The number of aromatic amines is 1. The van der Waals surface area contributed by atoms with E-state index in [4.69, 9.17) is 5.11 Å². The van der Waals surface area contributed by atoms with Crippen molar-refractivity contribution in [1.82, 2.24) is 20.3 Å². The van der Waals surface area contributed by atoms with Crippen LogP contribution in [0.3, 0.4) is 0 Å². The fraction of sp³-hybridized carbons (Fsp3) is 0.667. The minimum absolute atomic E-state index is 0.134. The average molecular weight is 210 g/mol. The zero-order valence-electron chi connectivity index (χ0n) is 8.55. The highest BCUT2D eigenvalue weighted by Gasteiger charge is 2.29. The van der Waals surface area contributed by atoms with E-state index in [0.717, 1.165) is 12.8 Å². The Balaban J connectivity index is 1.86. The summed E-state index contributed by atoms with van der Waals surface area (Å²) in [5.41, 5.74) is 0.331. The first-order valence-corrected chi connectivity index (χ1v) is 4.96. The molecule has 6 heteroatoms. The predicted octanol–water partition coefficient (Wildman–Crippen LogP) is -0.352. The van der Waals surface area contributed by atoms with Crippen molar-refractivity contribution in [3.63, 3.8) is 0 Å². The quantitative estimate of drug-likeness (QED) is 0.714. The molecule has 0 unspecified atom stereocenters. The first-order chi connectivity index (χ1) is 7.16. The fourth-order valence-corrected chi connectivity index (χ4v) is 1.82. The highest BCUT2D eigenvalue weighted by Crippen LogP contribution is 2.27. The summed E-state index contributed by atoms with van der Waals surface area (Å²) in [6.45, 7) is 0.669. The van der Waals surface area contributed by atoms with E-state index in [2.05, 4.69) is 15.4 Å². The van der Waals surface area contributed by atoms with Gasteiger partial charge < -0.3 is 10.0 Å². The molecule has 6 nitrogen and oxygen atoms in total. The number of carbonyl (C=O) groups is 1. The second kappa shape index (κ2) is 3.98. The van der Waals surface area contributed by atoms with Crippen LogP contribution < -0.4 is 0 Å². The van der Waals surface area contributed by atoms with Crippen molar-refractivity contribution in [3.8, 4) is 0 Å². The van der Waals surface area contributed by atoms with E-state index < -0.39 is 0 Å². The van der Waals surface area contributed by atoms with Gasteiger partial charge in [-0.05, 0) is 18.8 Å². The van der Waals surface area contributed by atoms with E-state index in [9.17, 15) is 4.79 Å². The van der Waals surface area contributed by atoms with Gasteiger partial charge in [0, 0.05) is 13.6 Å². The Hall–Kier alpha value is -1.43. The minimum Gasteiger partial charge on any atom is -0.393 e. The Labute approximate surface area is 87.3 Å². The number of aromatic nitrogens is 3. The molecule has 1 aliphatic carbocycles. The molecule has 82 valence electrons. The molecule has 0 atom stereocenters. The van der Waals surface area contributed by atoms with Crippen LogP contribution in [0.1, 0.15) is 23.3 Å². The van der Waals surface area contributed by atoms with E-state index in [1.54, 1.807) is 11.9 Å². The van der Waals surface area contributed by atoms with Crippen LogP contribution in [-0.4, -0.2) is 51.0 Å². The van der Waals surface area contributed by atoms with Gasteiger partial charge >= 0.3 is 0 Å². The largest absolute Gasteiger partial charge is 0.393 e. The van der Waals surface area contributed by atoms with Crippen molar-refractivity contribution >= 4 is 5.91 Å². The van der Waals surface area contributed by atoms with Gasteiger partial charge in [-0.3, -0.25) is 4.79 Å². The van der Waals surface area contributed by atoms with Crippen molar-refractivity contribution in [2.24, 2.45) is 5.92 Å². The third kappa shape index (κ3) is 2.15. The standard InChI is InChI=1S/C9H14N4O2/c1-13(5-6-2-7(14)3-6)9(15)8-4-10-12-11-8/h4,6-7,14H,2-3,5H2,1H3,(H,10,11,12). The lowest BCUT2D eigenvalue weighted by Crippen LogP contribution is -2.39. The molecule has 1 fully saturated rings. The zero-order valence-corrected chi connectivity index (χ0v) is 8.55. The molecule has 0 aromatic carbocycles. The lowest BCUT2D eigenvalue weighted by atomic mass is 9.82. The van der Waals surface area contributed by atoms with Crippen LogP contribution in [0, 0.1) is 5.92 Å². The van der Waals surface area contributed by atoms with Crippen molar-refractivity contribution in [3.05, 3.63) is 11.9 Å². The molecule has 0 saturated heterocycles. The third-order valence-electron chi connectivity index (χ3n) is 2.72. The van der Waals surface area contributed by atoms with Gasteiger partial charge in [0.1, 0.15) is 0 Å². The molecule has 1 aliphatic rings. The predicted molar refractivity (Wildman–Crippen MR) is 52.1 cm³/mol. The summed E-state index contributed by atoms with van der Waals surface area (Å²) in [6.07, 6.45) is 2.81. The lowest BCUT2D eigenvalue weighted by Gasteiger charge is -2.34. The number of hydrogen-bond acceptors (Lipinski definition) is 4. The number of rotatable bonds is 3. The number of aliphatic hydroxyl groups is 1. The van der Waals surface area contributed by atoms with Gasteiger partial charge in [-0.1, -0.05) is 0 Å². The van der Waals surface area contributed by atoms with Gasteiger partial charge in [0.05, 0.1) is 12.3 Å². The van der Waals surface area contributed by atoms with Gasteiger partial charge in [-0.15, -0.1) is 0 Å². The molecule has 2 rings (SSSR count). The van der Waals surface area contributed by atoms with Gasteiger partial charge in [0.25, 0.3) is 5.91 Å². The van der Waals surface area contributed by atoms with Crippen LogP contribution in [0.4, 0.5) is 0 Å². The summed E-state index contributed by atoms with van der Waals surface area (Å²) in [5.74, 6) is 0.283. The number of carbonyl (C=O) groups excluding carboxylic acids is 1. The Bertz CT molecular complexity index is 332. The van der Waals surface area contributed by atoms with Gasteiger partial charge in [0.2, 0.25) is 0 Å². The smallest absolute Gasteiger partial charge is 0.275 e. The van der Waals surface area contributed by atoms with Crippen LogP contribution in [0.25, 0.3) is 0 Å². The normalized spacial score (nSPS) is 24.7. The maximum absolute atomic E-state index is 11.7. The average Bonchev–Trinajstić information content (AvgIpc) is 2.66. The molecule has 0 bridgehead atoms. The Morgan fingerprint density at radius 1 is 1.73 bits per heavy atom. The first-order valence-electron chi connectivity index (χ1n) is 4.96. The maximum Gasteiger partial charge on any atom is 0.275 e. The maximum atomic E-state index is 11.7. The summed E-state index contributed by atoms with van der Waals surface area (Å²) in [7, 11) is 1.74. The molecule has 1 amide bonds. The topological polar surface area (TPSA) is 82.1 Å². The molecular weight excluding hydrogens is 196 g/mol. The van der Waals surface area contributed by atoms with E-state index in [1.807, 2.05) is 0 Å². The van der Waals surface area contributed by atoms with E-state index in [1.165, 1.54) is 6.20 Å². The molecule has 0 spiro atoms. The van der Waals surface area contributed by atoms with Crippen LogP contribution in [0.5, 0.6) is 0 Å². The Kier molecular flexibility index (Phi) is 2.68. The molecule has 15 heavy (non-hydrogen) atoms. The summed E-state index contributed by atoms with van der Waals surface area (Å²) in [6, 6.07) is 0. The van der Waals surface area contributed by atoms with Crippen molar-refractivity contribution in [2.75, 3.05) is 13.6 Å². The number of amides is 1. The molecule has 1 aromatic rings. The highest BCUT2D eigenvalue weighted by atomic mass is 16.3. The minimum atomic E-state index is -0.175. The number of nitrogens with zero attached hydrogens (tertiary/aromatic N) is 3. The van der Waals surface area contributed by atoms with Gasteiger partial charge in [0.15, 0.2) is 5.69 Å². The molecule has 1 aromatic heterocycles. The monoisotopic (exact) mass is 210 g/mol. The zero-order chi connectivity index (χ0) is 10.8. The molecule has 1 heterocycles. The van der Waals surface area contributed by atoms with Crippen molar-refractivity contribution in [1.29, 1.82) is 0 Å². The lowest BCUT2D eigenvalue weighted by molar-refractivity contribution is 0.0264. The fourth-order valence-electron chi connectivity index (χ4n) is 1.82. The second-order valence-electron chi connectivity index (χ2n) is 4.03. The molecule has 0 aliphatic heterocycles. The van der Waals surface area contributed by atoms with E-state index >= 15 is 0 Å². The molecule has 0 radical (unpaired) electrons. The van der Waals surface area contributed by atoms with Crippen molar-refractivity contribution in [2.45, 2.75) is 18.9 Å². The summed E-state index contributed by atoms with van der Waals surface area (Å²) < 4.78 is 0. The van der Waals surface area contributed by atoms with E-state index in [-0.39, 0.29) is 12.0 Å². The summed E-state index contributed by atoms with van der Waals surface area (Å²) >= 11 is 0. The van der Waals surface area contributed by atoms with Crippen molar-refractivity contribution < 1.29 is 9.90 Å². The summed E-state index contributed by atoms with van der Waals surface area (Å²) in [4.78, 5) is 13.3. The van der Waals surface area contributed by atoms with Crippen LogP contribution in [0.2, 0.25) is 0 Å². The Morgan fingerprint density at radius 3 is 3.00 bits per heavy atom. The molecule has 2 N–H and O–H groups in total. The number of hydrogen-bond donors (Lipinski definition) is 2. The van der Waals surface area contributed by atoms with Gasteiger partial charge in [-0.2, -0.15) is 15.4 Å². The highest BCUT2D eigenvalue weighted by molar-refractivity contribution is 5.91. The van der Waals surface area contributed by atoms with Gasteiger partial charge in [-0.25, -0.2) is 0 Å². The number of nitrogens with one attached hydrogen (secondary N) is 1. The SMILES string of the molecule is CN(CC1CC(O)C1)C(=O)c1cn[nH]n1. The van der Waals surface area contributed by atoms with Crippen LogP contribution in [-0.2, 0) is 0 Å². The number of H-pyrrole nitrogens is 1. The van der Waals surface area contributed by atoms with Crippen LogP contribution in [0.15, 0.2) is 6.20 Å². The first kappa shape index (κ1) is 10.1. The van der Waals surface area contributed by atoms with Crippen LogP contribution >= 0.6 is 0 Å². The Morgan fingerprint density at radius 2 is 2.47 bits per heavy atom. The van der Waals surface area contributed by atoms with E-state index in [0.29, 0.717) is 18.2 Å². The molecule has 1 saturated carbocycles. The molecular formula is C9H14N4O2. The second-order valence-corrected chi connectivity index (χ2v) is 4.03. The summed E-state index contributed by atoms with van der Waals surface area (Å²) in [5, 5.41) is 18.8. The number of aliphatic hydroxyl groups excluding tert-OH is 1. The third-order valence-corrected chi connectivity index (χ3v) is 2.72.